The highest BCUT2D eigenvalue weighted by molar-refractivity contribution is 6.10. The number of piperidine rings is 1. The van der Waals surface area contributed by atoms with Crippen LogP contribution in [0, 0.1) is 0 Å². The summed E-state index contributed by atoms with van der Waals surface area (Å²) in [5.74, 6) is 0.569. The van der Waals surface area contributed by atoms with E-state index in [1.807, 2.05) is 77.6 Å². The fourth-order valence-corrected chi connectivity index (χ4v) is 6.39. The number of amides is 1. The Hall–Kier alpha value is -5.35. The molecular weight excluding hydrogens is 576 g/mol. The van der Waals surface area contributed by atoms with E-state index < -0.39 is 0 Å². The van der Waals surface area contributed by atoms with Crippen LogP contribution in [0.2, 0.25) is 0 Å². The Labute approximate surface area is 267 Å². The van der Waals surface area contributed by atoms with E-state index in [1.165, 1.54) is 17.5 Å². The molecule has 3 aromatic heterocycles. The van der Waals surface area contributed by atoms with Crippen molar-refractivity contribution in [1.82, 2.24) is 34.2 Å². The zero-order valence-corrected chi connectivity index (χ0v) is 26.0. The van der Waals surface area contributed by atoms with E-state index in [9.17, 15) is 9.59 Å². The SMILES string of the molecule is CN(C)C(=O)CN1CCCC(c2ccc(C(=O)c3cc(-c4ccc5cn(Cc6ccccc6)nc5c4)c4c(N)ncnn34)cc2)C1. The van der Waals surface area contributed by atoms with Crippen molar-refractivity contribution >= 4 is 33.9 Å². The maximum atomic E-state index is 13.9. The molecule has 7 rings (SSSR count). The highest BCUT2D eigenvalue weighted by Crippen LogP contribution is 2.33. The lowest BCUT2D eigenvalue weighted by molar-refractivity contribution is -0.130. The Morgan fingerprint density at radius 3 is 2.59 bits per heavy atom. The van der Waals surface area contributed by atoms with Crippen LogP contribution in [-0.4, -0.2) is 79.6 Å². The topological polar surface area (TPSA) is 115 Å². The number of nitrogen functional groups attached to an aromatic ring is 1. The predicted molar refractivity (Wildman–Crippen MR) is 179 cm³/mol. The van der Waals surface area contributed by atoms with Crippen molar-refractivity contribution in [2.45, 2.75) is 25.3 Å². The van der Waals surface area contributed by atoms with Gasteiger partial charge in [0.15, 0.2) is 5.82 Å². The van der Waals surface area contributed by atoms with E-state index in [0.29, 0.717) is 41.6 Å². The molecular formula is C36H36N8O2. The van der Waals surface area contributed by atoms with Crippen molar-refractivity contribution in [2.75, 3.05) is 39.5 Å². The van der Waals surface area contributed by atoms with Crippen LogP contribution in [-0.2, 0) is 11.3 Å². The second kappa shape index (κ2) is 12.2. The Kier molecular flexibility index (Phi) is 7.79. The number of aromatic nitrogens is 5. The van der Waals surface area contributed by atoms with Gasteiger partial charge in [0.2, 0.25) is 11.7 Å². The van der Waals surface area contributed by atoms with Crippen LogP contribution in [0.4, 0.5) is 5.82 Å². The van der Waals surface area contributed by atoms with E-state index in [1.54, 1.807) is 23.5 Å². The van der Waals surface area contributed by atoms with E-state index in [2.05, 4.69) is 27.1 Å². The number of carbonyl (C=O) groups excluding carboxylic acids is 2. The van der Waals surface area contributed by atoms with Gasteiger partial charge >= 0.3 is 0 Å². The molecule has 1 aliphatic heterocycles. The van der Waals surface area contributed by atoms with Gasteiger partial charge in [0, 0.05) is 43.4 Å². The Bertz CT molecular complexity index is 2050. The summed E-state index contributed by atoms with van der Waals surface area (Å²) in [5, 5.41) is 10.3. The summed E-state index contributed by atoms with van der Waals surface area (Å²) in [6.07, 6.45) is 5.49. The van der Waals surface area contributed by atoms with Crippen molar-refractivity contribution < 1.29 is 9.59 Å². The average Bonchev–Trinajstić information content (AvgIpc) is 3.66. The number of hydrogen-bond acceptors (Lipinski definition) is 7. The van der Waals surface area contributed by atoms with Crippen molar-refractivity contribution in [3.05, 3.63) is 114 Å². The van der Waals surface area contributed by atoms with Crippen LogP contribution >= 0.6 is 0 Å². The monoisotopic (exact) mass is 612 g/mol. The van der Waals surface area contributed by atoms with E-state index in [4.69, 9.17) is 10.8 Å². The molecule has 46 heavy (non-hydrogen) atoms. The molecule has 1 amide bonds. The van der Waals surface area contributed by atoms with Gasteiger partial charge in [-0.3, -0.25) is 19.2 Å². The van der Waals surface area contributed by atoms with Gasteiger partial charge in [-0.15, -0.1) is 0 Å². The fourth-order valence-electron chi connectivity index (χ4n) is 6.39. The first-order valence-electron chi connectivity index (χ1n) is 15.5. The number of carbonyl (C=O) groups is 2. The average molecular weight is 613 g/mol. The highest BCUT2D eigenvalue weighted by atomic mass is 16.2. The minimum absolute atomic E-state index is 0.113. The summed E-state index contributed by atoms with van der Waals surface area (Å²) in [6, 6.07) is 26.0. The van der Waals surface area contributed by atoms with Gasteiger partial charge in [0.25, 0.3) is 0 Å². The van der Waals surface area contributed by atoms with E-state index in [0.717, 1.165) is 48.0 Å². The van der Waals surface area contributed by atoms with Crippen LogP contribution < -0.4 is 5.73 Å². The first-order chi connectivity index (χ1) is 22.3. The summed E-state index contributed by atoms with van der Waals surface area (Å²) < 4.78 is 3.53. The van der Waals surface area contributed by atoms with Crippen LogP contribution in [0.15, 0.2) is 91.4 Å². The molecule has 0 saturated carbocycles. The van der Waals surface area contributed by atoms with E-state index >= 15 is 0 Å². The first kappa shape index (κ1) is 29.4. The van der Waals surface area contributed by atoms with Gasteiger partial charge in [0.05, 0.1) is 18.6 Å². The summed E-state index contributed by atoms with van der Waals surface area (Å²) in [6.45, 7) is 2.85. The second-order valence-corrected chi connectivity index (χ2v) is 12.2. The smallest absolute Gasteiger partial charge is 0.236 e. The number of benzene rings is 3. The summed E-state index contributed by atoms with van der Waals surface area (Å²) in [4.78, 5) is 34.3. The molecule has 0 bridgehead atoms. The third kappa shape index (κ3) is 5.75. The molecule has 1 atom stereocenters. The Balaban J connectivity index is 1.16. The molecule has 6 aromatic rings. The van der Waals surface area contributed by atoms with Gasteiger partial charge in [-0.25, -0.2) is 9.50 Å². The molecule has 0 spiro atoms. The van der Waals surface area contributed by atoms with Crippen LogP contribution in [0.5, 0.6) is 0 Å². The number of anilines is 1. The maximum Gasteiger partial charge on any atom is 0.236 e. The molecule has 0 aliphatic carbocycles. The summed E-state index contributed by atoms with van der Waals surface area (Å²) in [7, 11) is 3.58. The quantitative estimate of drug-likeness (QED) is 0.244. The van der Waals surface area contributed by atoms with Gasteiger partial charge in [0.1, 0.15) is 17.5 Å². The van der Waals surface area contributed by atoms with E-state index in [-0.39, 0.29) is 11.7 Å². The Morgan fingerprint density at radius 2 is 1.80 bits per heavy atom. The molecule has 1 saturated heterocycles. The van der Waals surface area contributed by atoms with Crippen LogP contribution in [0.1, 0.15) is 45.9 Å². The lowest BCUT2D eigenvalue weighted by Gasteiger charge is -2.33. The zero-order chi connectivity index (χ0) is 31.8. The molecule has 1 unspecified atom stereocenters. The molecule has 4 heterocycles. The van der Waals surface area contributed by atoms with Crippen LogP contribution in [0.3, 0.4) is 0 Å². The third-order valence-electron chi connectivity index (χ3n) is 8.88. The number of rotatable bonds is 8. The third-order valence-corrected chi connectivity index (χ3v) is 8.88. The number of nitrogens with zero attached hydrogens (tertiary/aromatic N) is 7. The number of nitrogens with two attached hydrogens (primary N) is 1. The van der Waals surface area contributed by atoms with Crippen molar-refractivity contribution in [1.29, 1.82) is 0 Å². The van der Waals surface area contributed by atoms with Gasteiger partial charge < -0.3 is 10.6 Å². The molecule has 2 N–H and O–H groups in total. The maximum absolute atomic E-state index is 13.9. The van der Waals surface area contributed by atoms with Crippen molar-refractivity contribution in [3.8, 4) is 11.1 Å². The number of likely N-dealkylation sites (tertiary alicyclic amines) is 1. The van der Waals surface area contributed by atoms with Crippen molar-refractivity contribution in [2.24, 2.45) is 0 Å². The largest absolute Gasteiger partial charge is 0.382 e. The van der Waals surface area contributed by atoms with Crippen molar-refractivity contribution in [3.63, 3.8) is 0 Å². The van der Waals surface area contributed by atoms with Gasteiger partial charge in [-0.1, -0.05) is 66.7 Å². The minimum Gasteiger partial charge on any atom is -0.382 e. The molecule has 1 aliphatic rings. The second-order valence-electron chi connectivity index (χ2n) is 12.2. The zero-order valence-electron chi connectivity index (χ0n) is 26.0. The molecule has 0 radical (unpaired) electrons. The number of ketones is 1. The van der Waals surface area contributed by atoms with Gasteiger partial charge in [-0.2, -0.15) is 10.2 Å². The summed E-state index contributed by atoms with van der Waals surface area (Å²) in [5.41, 5.74) is 12.8. The van der Waals surface area contributed by atoms with Gasteiger partial charge in [-0.05, 0) is 54.1 Å². The standard InChI is InChI=1S/C36H36N8O2/c1-41(2)33(45)22-42-16-6-9-28(20-42)25-10-12-26(13-11-25)35(46)32-18-30(34-36(37)38-23-39-44(32)34)27-14-15-29-21-43(40-31(29)17-27)19-24-7-4-3-5-8-24/h3-5,7-8,10-15,17-18,21,23,28H,6,9,16,19-20,22H2,1-2H3,(H2,37,38,39). The highest BCUT2D eigenvalue weighted by Gasteiger charge is 2.25. The number of likely N-dealkylation sites (N-methyl/N-ethyl adjacent to an activating group) is 1. The molecule has 10 heteroatoms. The number of hydrogen-bond donors (Lipinski definition) is 1. The Morgan fingerprint density at radius 1 is 1.00 bits per heavy atom. The minimum atomic E-state index is -0.152. The molecule has 1 fully saturated rings. The molecule has 232 valence electrons. The fraction of sp³-hybridized carbons (Fsp3) is 0.250. The first-order valence-corrected chi connectivity index (χ1v) is 15.5. The van der Waals surface area contributed by atoms with Crippen LogP contribution in [0.25, 0.3) is 27.5 Å². The predicted octanol–water partition coefficient (Wildman–Crippen LogP) is 4.88. The molecule has 3 aromatic carbocycles. The number of fused-ring (bicyclic) bond motifs is 2. The summed E-state index contributed by atoms with van der Waals surface area (Å²) >= 11 is 0. The lowest BCUT2D eigenvalue weighted by atomic mass is 9.89. The lowest BCUT2D eigenvalue weighted by Crippen LogP contribution is -2.41. The molecule has 10 nitrogen and oxygen atoms in total. The normalized spacial score (nSPS) is 15.4.